The van der Waals surface area contributed by atoms with Gasteiger partial charge in [0.15, 0.2) is 0 Å². The predicted molar refractivity (Wildman–Crippen MR) is 284 cm³/mol. The Labute approximate surface area is 439 Å². The average Bonchev–Trinajstić information content (AvgIpc) is 3.76. The van der Waals surface area contributed by atoms with Gasteiger partial charge in [0.2, 0.25) is 30.5 Å². The number of nitrogens with zero attached hydrogens (tertiary/aromatic N) is 4. The minimum atomic E-state index is -1.18. The van der Waals surface area contributed by atoms with Gasteiger partial charge >= 0.3 is 5.69 Å². The Bertz CT molecular complexity index is 2720. The van der Waals surface area contributed by atoms with Crippen LogP contribution in [0.2, 0.25) is 10.0 Å². The summed E-state index contributed by atoms with van der Waals surface area (Å²) < 4.78 is 30.4. The molecule has 3 aromatic carbocycles. The quantitative estimate of drug-likeness (QED) is 0.0696. The number of hydrogen-bond acceptors (Lipinski definition) is 10. The van der Waals surface area contributed by atoms with E-state index in [1.54, 1.807) is 40.4 Å². The number of imidazole rings is 1. The molecule has 3 saturated heterocycles. The number of piperazine rings is 1. The van der Waals surface area contributed by atoms with Gasteiger partial charge in [-0.3, -0.25) is 48.5 Å². The fourth-order valence-electron chi connectivity index (χ4n) is 12.3. The highest BCUT2D eigenvalue weighted by molar-refractivity contribution is 7.82. The van der Waals surface area contributed by atoms with E-state index in [4.69, 9.17) is 28.9 Å². The van der Waals surface area contributed by atoms with Crippen molar-refractivity contribution in [2.45, 2.75) is 126 Å². The Morgan fingerprint density at radius 3 is 2.25 bits per heavy atom. The highest BCUT2D eigenvalue weighted by Crippen LogP contribution is 2.60. The van der Waals surface area contributed by atoms with E-state index < -0.39 is 57.6 Å². The van der Waals surface area contributed by atoms with Gasteiger partial charge < -0.3 is 20.9 Å². The number of carbonyl (C=O) groups is 5. The van der Waals surface area contributed by atoms with Crippen LogP contribution >= 0.6 is 23.2 Å². The summed E-state index contributed by atoms with van der Waals surface area (Å²) in [5, 5.41) is 9.11. The number of halogens is 3. The fraction of sp³-hybridized carbons (Fsp3) is 0.547. The molecule has 396 valence electrons. The lowest BCUT2D eigenvalue weighted by Gasteiger charge is -2.49. The van der Waals surface area contributed by atoms with Gasteiger partial charge in [0.25, 0.3) is 0 Å². The molecule has 4 heterocycles. The highest BCUT2D eigenvalue weighted by atomic mass is 35.5. The van der Waals surface area contributed by atoms with Gasteiger partial charge in [-0.1, -0.05) is 92.9 Å². The molecule has 4 aromatic rings. The molecule has 5 amide bonds. The summed E-state index contributed by atoms with van der Waals surface area (Å²) in [6.07, 6.45) is 16.8. The maximum Gasteiger partial charge on any atom is 0.329 e. The van der Waals surface area contributed by atoms with Crippen molar-refractivity contribution in [2.24, 2.45) is 18.7 Å². The second-order valence-corrected chi connectivity index (χ2v) is 22.4. The summed E-state index contributed by atoms with van der Waals surface area (Å²) >= 11 is 12.4. The van der Waals surface area contributed by atoms with Gasteiger partial charge in [-0.2, -0.15) is 0 Å². The van der Waals surface area contributed by atoms with Crippen molar-refractivity contribution in [1.82, 2.24) is 34.3 Å². The van der Waals surface area contributed by atoms with Crippen molar-refractivity contribution >= 4 is 81.5 Å². The molecule has 6 N–H and O–H groups in total. The topological polar surface area (TPSA) is 210 Å². The summed E-state index contributed by atoms with van der Waals surface area (Å²) in [6.45, 7) is 9.13. The Kier molecular flexibility index (Phi) is 19.1. The number of piperidine rings is 1. The largest absolute Gasteiger partial charge is 0.368 e. The van der Waals surface area contributed by atoms with Crippen molar-refractivity contribution in [3.63, 3.8) is 0 Å². The molecule has 1 aromatic heterocycles. The van der Waals surface area contributed by atoms with E-state index in [1.165, 1.54) is 69.6 Å². The first-order valence-corrected chi connectivity index (χ1v) is 27.9. The van der Waals surface area contributed by atoms with Crippen molar-refractivity contribution < 1.29 is 32.6 Å². The van der Waals surface area contributed by atoms with Gasteiger partial charge in [0, 0.05) is 80.0 Å². The number of aromatic nitrogens is 2. The fourth-order valence-corrected chi connectivity index (χ4v) is 12.8. The minimum Gasteiger partial charge on any atom is -0.368 e. The summed E-state index contributed by atoms with van der Waals surface area (Å²) in [5.41, 5.74) is 8.77. The second kappa shape index (κ2) is 25.0. The number of anilines is 1. The number of primary amides is 1. The molecule has 2 aliphatic carbocycles. The Morgan fingerprint density at radius 1 is 0.904 bits per heavy atom. The standard InChI is InChI=1S/C27H39N5O3.C24H26Cl2FN3O2.C2H5NO2S/c1-29-24-18-20(9-10-22(24)32(27(29)35)23-11-12-25(33)28-26(23)34)8-5-13-30-14-16-31(17-15-30)19-21-6-3-2-4-7-21;1-23(16-9-8-14(25)12-18(16)29-13-31)19(15-6-5-7-17(26)20(15)27)21(22(28)32)30-24(23)10-3-2-4-11-24;1-6(5)3-2-4/h9-10,18,21,23H,2-8,11-17,19H2,1H3,(H,28,33,34);5-9,12-13,19,21,30H,2-4,10-11H2,1H3,(H2,28,32)(H,29,31);2H,1H3,(H,3,4)/t;19-,21+,23+;/m.0./s1. The molecule has 3 aliphatic heterocycles. The van der Waals surface area contributed by atoms with Crippen LogP contribution in [0.25, 0.3) is 11.0 Å². The van der Waals surface area contributed by atoms with E-state index >= 15 is 4.39 Å². The molecule has 2 saturated carbocycles. The van der Waals surface area contributed by atoms with Crippen LogP contribution in [0.15, 0.2) is 59.4 Å². The lowest BCUT2D eigenvalue weighted by atomic mass is 9.56. The molecule has 73 heavy (non-hydrogen) atoms. The lowest BCUT2D eigenvalue weighted by Crippen LogP contribution is -2.56. The van der Waals surface area contributed by atoms with E-state index in [-0.39, 0.29) is 23.0 Å². The van der Waals surface area contributed by atoms with Crippen LogP contribution in [0, 0.1) is 11.7 Å². The zero-order valence-electron chi connectivity index (χ0n) is 42.1. The van der Waals surface area contributed by atoms with Crippen molar-refractivity contribution in [2.75, 3.05) is 50.8 Å². The SMILES string of the molecule is CS(=O)NC=O.C[C@@]1(c2ccc(Cl)cc2NC=O)[C@@H](c2cccc(Cl)c2F)[C@H](C(N)=O)NC12CCCCC2.Cn1c(=O)n(C2CCC(=O)NC2=O)c2ccc(CCCN3CCN(CC4CCCCC4)CC3)cc21. The third-order valence-corrected chi connectivity index (χ3v) is 17.0. The van der Waals surface area contributed by atoms with E-state index in [1.807, 2.05) is 23.8 Å². The van der Waals surface area contributed by atoms with Crippen LogP contribution in [0.5, 0.6) is 0 Å². The van der Waals surface area contributed by atoms with Crippen LogP contribution in [0.4, 0.5) is 10.1 Å². The predicted octanol–water partition coefficient (Wildman–Crippen LogP) is 6.38. The second-order valence-electron chi connectivity index (χ2n) is 20.4. The molecular formula is C53H70Cl2FN9O7S. The number of nitrogens with one attached hydrogen (secondary N) is 4. The molecular weight excluding hydrogens is 997 g/mol. The molecule has 0 radical (unpaired) electrons. The number of rotatable bonds is 14. The molecule has 2 unspecified atom stereocenters. The molecule has 0 bridgehead atoms. The zero-order valence-corrected chi connectivity index (χ0v) is 44.4. The number of fused-ring (bicyclic) bond motifs is 1. The molecule has 16 nitrogen and oxygen atoms in total. The number of aryl methyl sites for hydroxylation is 2. The van der Waals surface area contributed by atoms with Crippen LogP contribution in [-0.4, -0.2) is 111 Å². The van der Waals surface area contributed by atoms with Crippen molar-refractivity contribution in [3.05, 3.63) is 97.6 Å². The van der Waals surface area contributed by atoms with Gasteiger partial charge in [-0.05, 0) is 104 Å². The highest BCUT2D eigenvalue weighted by Gasteiger charge is 2.64. The van der Waals surface area contributed by atoms with Crippen molar-refractivity contribution in [1.29, 1.82) is 0 Å². The van der Waals surface area contributed by atoms with Gasteiger partial charge in [0.1, 0.15) is 22.8 Å². The normalized spacial score (nSPS) is 23.9. The first-order chi connectivity index (χ1) is 35.0. The Balaban J connectivity index is 0.000000193. The molecule has 9 rings (SSSR count). The summed E-state index contributed by atoms with van der Waals surface area (Å²) in [7, 11) is 0.570. The van der Waals surface area contributed by atoms with Crippen LogP contribution in [-0.2, 0) is 53.8 Å². The lowest BCUT2D eigenvalue weighted by molar-refractivity contribution is -0.135. The number of nitrogens with two attached hydrogens (primary N) is 1. The number of hydrogen-bond donors (Lipinski definition) is 5. The smallest absolute Gasteiger partial charge is 0.329 e. The van der Waals surface area contributed by atoms with Crippen LogP contribution in [0.3, 0.4) is 0 Å². The first-order valence-electron chi connectivity index (χ1n) is 25.5. The van der Waals surface area contributed by atoms with E-state index in [0.29, 0.717) is 35.5 Å². The number of amides is 5. The van der Waals surface area contributed by atoms with Crippen LogP contribution in [0.1, 0.15) is 119 Å². The molecule has 20 heteroatoms. The summed E-state index contributed by atoms with van der Waals surface area (Å²) in [6, 6.07) is 14.8. The zero-order chi connectivity index (χ0) is 52.5. The van der Waals surface area contributed by atoms with Gasteiger partial charge in [0.05, 0.1) is 22.1 Å². The third-order valence-electron chi connectivity index (χ3n) is 16.0. The summed E-state index contributed by atoms with van der Waals surface area (Å²) in [5.74, 6) is -1.51. The third kappa shape index (κ3) is 12.6. The molecule has 5 atom stereocenters. The van der Waals surface area contributed by atoms with E-state index in [0.717, 1.165) is 87.1 Å². The maximum atomic E-state index is 15.4. The molecule has 5 aliphatic rings. The number of imide groups is 1. The van der Waals surface area contributed by atoms with Crippen LogP contribution < -0.4 is 32.1 Å². The Morgan fingerprint density at radius 2 is 1.60 bits per heavy atom. The van der Waals surface area contributed by atoms with Gasteiger partial charge in [-0.25, -0.2) is 13.4 Å². The van der Waals surface area contributed by atoms with Crippen molar-refractivity contribution in [3.8, 4) is 0 Å². The molecule has 5 fully saturated rings. The number of carbonyl (C=O) groups excluding carboxylic acids is 5. The maximum absolute atomic E-state index is 15.4. The monoisotopic (exact) mass is 1070 g/mol. The van der Waals surface area contributed by atoms with E-state index in [9.17, 15) is 33.0 Å². The number of benzene rings is 3. The molecule has 1 spiro atoms. The minimum absolute atomic E-state index is 0.0139. The first kappa shape index (κ1) is 55.8. The van der Waals surface area contributed by atoms with Gasteiger partial charge in [-0.15, -0.1) is 0 Å². The summed E-state index contributed by atoms with van der Waals surface area (Å²) in [4.78, 5) is 75.6. The Hall–Kier alpha value is -4.98. The van der Waals surface area contributed by atoms with E-state index in [2.05, 4.69) is 37.9 Å². The average molecular weight is 1070 g/mol.